The molecule has 0 unspecified atom stereocenters. The molecule has 2 aromatic carbocycles. The van der Waals surface area contributed by atoms with E-state index in [1.807, 2.05) is 0 Å². The number of anilines is 1. The van der Waals surface area contributed by atoms with Crippen LogP contribution in [-0.2, 0) is 25.0 Å². The molecule has 1 aliphatic rings. The van der Waals surface area contributed by atoms with Crippen molar-refractivity contribution in [2.75, 3.05) is 11.9 Å². The highest BCUT2D eigenvalue weighted by atomic mass is 32.3. The molecule has 166 valence electrons. The van der Waals surface area contributed by atoms with E-state index in [2.05, 4.69) is 18.9 Å². The van der Waals surface area contributed by atoms with Crippen LogP contribution in [0.2, 0.25) is 0 Å². The van der Waals surface area contributed by atoms with Crippen LogP contribution in [0.4, 0.5) is 14.9 Å². The van der Waals surface area contributed by atoms with E-state index < -0.39 is 27.9 Å². The second kappa shape index (κ2) is 9.21. The van der Waals surface area contributed by atoms with Gasteiger partial charge in [0.05, 0.1) is 12.3 Å². The number of nitrogens with one attached hydrogen (secondary N) is 1. The fourth-order valence-corrected chi connectivity index (χ4v) is 3.31. The highest BCUT2D eigenvalue weighted by molar-refractivity contribution is 7.82. The van der Waals surface area contributed by atoms with Crippen LogP contribution >= 0.6 is 0 Å². The van der Waals surface area contributed by atoms with Gasteiger partial charge in [0, 0.05) is 11.8 Å². The van der Waals surface area contributed by atoms with Crippen molar-refractivity contribution in [1.82, 2.24) is 0 Å². The maximum Gasteiger partial charge on any atom is 0.521 e. The number of rotatable bonds is 9. The van der Waals surface area contributed by atoms with Crippen molar-refractivity contribution < 1.29 is 35.5 Å². The molecule has 1 N–H and O–H groups in total. The number of hydrogen-bond donors (Lipinski definition) is 1. The molecular weight excluding hydrogens is 431 g/mol. The van der Waals surface area contributed by atoms with Crippen molar-refractivity contribution in [2.45, 2.75) is 32.3 Å². The third-order valence-electron chi connectivity index (χ3n) is 4.19. The second-order valence-electron chi connectivity index (χ2n) is 7.03. The van der Waals surface area contributed by atoms with Crippen LogP contribution < -0.4 is 14.2 Å². The Morgan fingerprint density at radius 1 is 1.16 bits per heavy atom. The van der Waals surface area contributed by atoms with Crippen LogP contribution in [0.25, 0.3) is 0 Å². The minimum absolute atomic E-state index is 0.0943. The molecule has 0 aliphatic carbocycles. The lowest BCUT2D eigenvalue weighted by Crippen LogP contribution is -2.34. The molecule has 3 rings (SSSR count). The summed E-state index contributed by atoms with van der Waals surface area (Å²) in [6, 6.07) is 9.69. The SMILES string of the molecule is CC1(C)OC(=O)Nc2ccc(OCCCC=NOS(=O)(=O)Oc3ccc(F)cc3)cc21. The van der Waals surface area contributed by atoms with Gasteiger partial charge in [-0.2, -0.15) is 0 Å². The molecule has 0 saturated heterocycles. The molecule has 31 heavy (non-hydrogen) atoms. The van der Waals surface area contributed by atoms with Gasteiger partial charge in [-0.1, -0.05) is 5.16 Å². The lowest BCUT2D eigenvalue weighted by molar-refractivity contribution is 0.0418. The fourth-order valence-electron chi connectivity index (χ4n) is 2.77. The Kier molecular flexibility index (Phi) is 6.64. The topological polar surface area (TPSA) is 113 Å². The number of hydrogen-bond acceptors (Lipinski definition) is 8. The average Bonchev–Trinajstić information content (AvgIpc) is 2.68. The molecular formula is C20H21FN2O7S. The van der Waals surface area contributed by atoms with Gasteiger partial charge in [-0.05, 0) is 69.2 Å². The molecule has 2 aromatic rings. The quantitative estimate of drug-likeness (QED) is 0.346. The van der Waals surface area contributed by atoms with Gasteiger partial charge in [-0.3, -0.25) is 5.32 Å². The molecule has 11 heteroatoms. The van der Waals surface area contributed by atoms with Crippen LogP contribution in [0.5, 0.6) is 11.5 Å². The van der Waals surface area contributed by atoms with Crippen molar-refractivity contribution in [3.63, 3.8) is 0 Å². The molecule has 1 amide bonds. The Morgan fingerprint density at radius 2 is 1.87 bits per heavy atom. The number of cyclic esters (lactones) is 1. The van der Waals surface area contributed by atoms with Crippen molar-refractivity contribution in [3.05, 3.63) is 53.8 Å². The summed E-state index contributed by atoms with van der Waals surface area (Å²) in [6.07, 6.45) is 1.70. The van der Waals surface area contributed by atoms with Crippen molar-refractivity contribution in [3.8, 4) is 11.5 Å². The third kappa shape index (κ3) is 6.32. The lowest BCUT2D eigenvalue weighted by Gasteiger charge is -2.32. The van der Waals surface area contributed by atoms with E-state index in [1.54, 1.807) is 32.0 Å². The number of nitrogens with zero attached hydrogens (tertiary/aromatic N) is 1. The molecule has 0 saturated carbocycles. The zero-order valence-electron chi connectivity index (χ0n) is 16.8. The Labute approximate surface area is 179 Å². The smallest absolute Gasteiger partial charge is 0.494 e. The van der Waals surface area contributed by atoms with Crippen LogP contribution in [0.15, 0.2) is 47.6 Å². The number of unbranched alkanes of at least 4 members (excludes halogenated alkanes) is 1. The van der Waals surface area contributed by atoms with Gasteiger partial charge in [0.2, 0.25) is 0 Å². The molecule has 9 nitrogen and oxygen atoms in total. The standard InChI is InChI=1S/C20H21FN2O7S/c1-20(2)17-13-16(9-10-18(17)23-19(24)28-20)27-12-4-3-11-22-30-31(25,26)29-15-7-5-14(21)6-8-15/h5-11,13H,3-4,12H2,1-2H3,(H,23,24). The summed E-state index contributed by atoms with van der Waals surface area (Å²) in [5, 5.41) is 6.00. The molecule has 1 heterocycles. The summed E-state index contributed by atoms with van der Waals surface area (Å²) in [5.41, 5.74) is 0.690. The number of benzene rings is 2. The number of oxime groups is 1. The summed E-state index contributed by atoms with van der Waals surface area (Å²) in [5.74, 6) is -0.0108. The first-order valence-electron chi connectivity index (χ1n) is 9.32. The van der Waals surface area contributed by atoms with Crippen LogP contribution in [0, 0.1) is 5.82 Å². The Hall–Kier alpha value is -3.34. The molecule has 1 aliphatic heterocycles. The number of amides is 1. The molecule has 0 fully saturated rings. The van der Waals surface area contributed by atoms with Gasteiger partial charge in [-0.15, -0.1) is 8.42 Å². The van der Waals surface area contributed by atoms with Crippen molar-refractivity contribution in [2.24, 2.45) is 5.16 Å². The molecule has 0 aromatic heterocycles. The first kappa shape index (κ1) is 22.3. The summed E-state index contributed by atoms with van der Waals surface area (Å²) in [4.78, 5) is 11.5. The number of ether oxygens (including phenoxy) is 2. The number of halogens is 1. The van der Waals surface area contributed by atoms with Gasteiger partial charge in [0.1, 0.15) is 22.9 Å². The van der Waals surface area contributed by atoms with Crippen LogP contribution in [-0.4, -0.2) is 27.3 Å². The number of fused-ring (bicyclic) bond motifs is 1. The summed E-state index contributed by atoms with van der Waals surface area (Å²) < 4.78 is 56.0. The maximum atomic E-state index is 12.8. The largest absolute Gasteiger partial charge is 0.521 e. The summed E-state index contributed by atoms with van der Waals surface area (Å²) in [7, 11) is -4.40. The molecule has 0 atom stereocenters. The third-order valence-corrected chi connectivity index (χ3v) is 4.86. The van der Waals surface area contributed by atoms with E-state index in [9.17, 15) is 17.6 Å². The highest BCUT2D eigenvalue weighted by Crippen LogP contribution is 2.37. The first-order chi connectivity index (χ1) is 14.6. The van der Waals surface area contributed by atoms with Crippen LogP contribution in [0.1, 0.15) is 32.3 Å². The average molecular weight is 452 g/mol. The Morgan fingerprint density at radius 3 is 2.61 bits per heavy atom. The number of carbonyl (C=O) groups is 1. The van der Waals surface area contributed by atoms with Gasteiger partial charge in [0.25, 0.3) is 0 Å². The predicted molar refractivity (Wildman–Crippen MR) is 110 cm³/mol. The maximum absolute atomic E-state index is 12.8. The van der Waals surface area contributed by atoms with E-state index in [4.69, 9.17) is 9.47 Å². The summed E-state index contributed by atoms with van der Waals surface area (Å²) in [6.45, 7) is 3.93. The normalized spacial score (nSPS) is 15.0. The first-order valence-corrected chi connectivity index (χ1v) is 10.7. The highest BCUT2D eigenvalue weighted by Gasteiger charge is 2.33. The van der Waals surface area contributed by atoms with Gasteiger partial charge in [-0.25, -0.2) is 13.5 Å². The van der Waals surface area contributed by atoms with Gasteiger partial charge < -0.3 is 13.7 Å². The van der Waals surface area contributed by atoms with Gasteiger partial charge in [0.15, 0.2) is 0 Å². The number of carbonyl (C=O) groups excluding carboxylic acids is 1. The van der Waals surface area contributed by atoms with E-state index >= 15 is 0 Å². The summed E-state index contributed by atoms with van der Waals surface area (Å²) >= 11 is 0. The van der Waals surface area contributed by atoms with E-state index in [-0.39, 0.29) is 5.75 Å². The molecule has 0 spiro atoms. The minimum atomic E-state index is -4.40. The molecule has 0 bridgehead atoms. The zero-order chi connectivity index (χ0) is 22.5. The Balaban J connectivity index is 1.42. The van der Waals surface area contributed by atoms with Crippen molar-refractivity contribution >= 4 is 28.4 Å². The fraction of sp³-hybridized carbons (Fsp3) is 0.300. The van der Waals surface area contributed by atoms with E-state index in [0.717, 1.165) is 29.8 Å². The second-order valence-corrected chi connectivity index (χ2v) is 8.16. The van der Waals surface area contributed by atoms with E-state index in [1.165, 1.54) is 6.21 Å². The molecule has 0 radical (unpaired) electrons. The van der Waals surface area contributed by atoms with Crippen LogP contribution in [0.3, 0.4) is 0 Å². The van der Waals surface area contributed by atoms with E-state index in [0.29, 0.717) is 30.9 Å². The predicted octanol–water partition coefficient (Wildman–Crippen LogP) is 4.11. The Bertz CT molecular complexity index is 1070. The zero-order valence-corrected chi connectivity index (χ0v) is 17.6. The van der Waals surface area contributed by atoms with Gasteiger partial charge >= 0.3 is 16.5 Å². The van der Waals surface area contributed by atoms with Crippen molar-refractivity contribution in [1.29, 1.82) is 0 Å². The monoisotopic (exact) mass is 452 g/mol. The lowest BCUT2D eigenvalue weighted by atomic mass is 9.94. The minimum Gasteiger partial charge on any atom is -0.494 e.